The number of aromatic nitrogens is 1. The predicted molar refractivity (Wildman–Crippen MR) is 119 cm³/mol. The first kappa shape index (κ1) is 20.0. The first-order chi connectivity index (χ1) is 14.2. The van der Waals surface area contributed by atoms with Gasteiger partial charge in [0.25, 0.3) is 10.0 Å². The molecule has 158 valence electrons. The molecule has 0 bridgehead atoms. The van der Waals surface area contributed by atoms with E-state index in [4.69, 9.17) is 27.9 Å². The molecule has 5 rings (SSSR count). The summed E-state index contributed by atoms with van der Waals surface area (Å²) in [5.74, 6) is 0.687. The molecule has 1 aliphatic heterocycles. The molecule has 1 aliphatic carbocycles. The summed E-state index contributed by atoms with van der Waals surface area (Å²) < 4.78 is 34.3. The summed E-state index contributed by atoms with van der Waals surface area (Å²) >= 11 is 12.3. The van der Waals surface area contributed by atoms with E-state index in [0.717, 1.165) is 25.9 Å². The lowest BCUT2D eigenvalue weighted by molar-refractivity contribution is -0.109. The fourth-order valence-corrected chi connectivity index (χ4v) is 6.32. The number of sulfonamides is 1. The first-order valence-corrected chi connectivity index (χ1v) is 11.9. The number of nitrogens with zero attached hydrogens (tertiary/aromatic N) is 1. The molecule has 9 heteroatoms. The van der Waals surface area contributed by atoms with E-state index in [1.165, 1.54) is 0 Å². The fraction of sp³-hybridized carbons (Fsp3) is 0.333. The number of likely N-dealkylation sites (tertiary alicyclic amines) is 1. The van der Waals surface area contributed by atoms with Crippen molar-refractivity contribution in [2.75, 3.05) is 24.9 Å². The van der Waals surface area contributed by atoms with Crippen LogP contribution in [0.1, 0.15) is 12.8 Å². The number of rotatable bonds is 5. The Kier molecular flexibility index (Phi) is 4.70. The molecule has 2 fully saturated rings. The van der Waals surface area contributed by atoms with E-state index in [9.17, 15) is 8.42 Å². The number of anilines is 1. The number of halogens is 2. The zero-order chi connectivity index (χ0) is 21.1. The highest BCUT2D eigenvalue weighted by Gasteiger charge is 2.52. The Morgan fingerprint density at radius 1 is 1.10 bits per heavy atom. The van der Waals surface area contributed by atoms with E-state index in [1.54, 1.807) is 42.6 Å². The van der Waals surface area contributed by atoms with Crippen molar-refractivity contribution in [1.82, 2.24) is 9.88 Å². The molecule has 1 aromatic heterocycles. The van der Waals surface area contributed by atoms with Gasteiger partial charge in [-0.05, 0) is 56.3 Å². The van der Waals surface area contributed by atoms with Gasteiger partial charge in [0.05, 0.1) is 32.2 Å². The molecule has 1 saturated carbocycles. The quantitative estimate of drug-likeness (QED) is 0.569. The van der Waals surface area contributed by atoms with Gasteiger partial charge < -0.3 is 14.6 Å². The number of benzene rings is 2. The number of hydrogen-bond acceptors (Lipinski definition) is 4. The van der Waals surface area contributed by atoms with Gasteiger partial charge in [-0.3, -0.25) is 4.72 Å². The predicted octanol–water partition coefficient (Wildman–Crippen LogP) is 4.75. The number of nitrogens with one attached hydrogen (secondary N) is 2. The minimum Gasteiger partial charge on any atom is -0.490 e. The third-order valence-electron chi connectivity index (χ3n) is 5.95. The molecule has 2 N–H and O–H groups in total. The van der Waals surface area contributed by atoms with Crippen molar-refractivity contribution in [2.45, 2.75) is 23.8 Å². The van der Waals surface area contributed by atoms with Crippen molar-refractivity contribution in [2.24, 2.45) is 5.41 Å². The molecular weight excluding hydrogens is 445 g/mol. The normalized spacial score (nSPS) is 18.9. The monoisotopic (exact) mass is 465 g/mol. The van der Waals surface area contributed by atoms with Crippen molar-refractivity contribution in [3.8, 4) is 5.75 Å². The maximum atomic E-state index is 12.9. The molecule has 1 saturated heterocycles. The van der Waals surface area contributed by atoms with E-state index in [1.807, 2.05) is 0 Å². The van der Waals surface area contributed by atoms with E-state index in [-0.39, 0.29) is 11.0 Å². The summed E-state index contributed by atoms with van der Waals surface area (Å²) in [7, 11) is -1.65. The molecule has 0 atom stereocenters. The average molecular weight is 466 g/mol. The Hall–Kier alpha value is -1.93. The van der Waals surface area contributed by atoms with Crippen molar-refractivity contribution in [3.63, 3.8) is 0 Å². The highest BCUT2D eigenvalue weighted by Crippen LogP contribution is 2.49. The van der Waals surface area contributed by atoms with Crippen LogP contribution in [0, 0.1) is 5.41 Å². The zero-order valence-corrected chi connectivity index (χ0v) is 18.6. The Bertz CT molecular complexity index is 1210. The SMILES string of the molecule is CN1CC2(CC(Oc3ccc(S(=O)(=O)Nc4ccc(Cl)c5c(Cl)c[nH]c45)cc3)C2)C1. The summed E-state index contributed by atoms with van der Waals surface area (Å²) in [4.78, 5) is 5.44. The minimum atomic E-state index is -3.78. The third-order valence-corrected chi connectivity index (χ3v) is 7.94. The van der Waals surface area contributed by atoms with Crippen LogP contribution < -0.4 is 9.46 Å². The Labute approximate surface area is 185 Å². The van der Waals surface area contributed by atoms with Crippen molar-refractivity contribution < 1.29 is 13.2 Å². The van der Waals surface area contributed by atoms with Gasteiger partial charge in [0.1, 0.15) is 5.75 Å². The lowest BCUT2D eigenvalue weighted by Gasteiger charge is -2.57. The molecule has 3 aromatic rings. The highest BCUT2D eigenvalue weighted by atomic mass is 35.5. The van der Waals surface area contributed by atoms with E-state index in [2.05, 4.69) is 21.7 Å². The van der Waals surface area contributed by atoms with Gasteiger partial charge in [-0.2, -0.15) is 0 Å². The summed E-state index contributed by atoms with van der Waals surface area (Å²) in [5.41, 5.74) is 1.36. The second kappa shape index (κ2) is 7.05. The Morgan fingerprint density at radius 3 is 2.47 bits per heavy atom. The van der Waals surface area contributed by atoms with Gasteiger partial charge in [0.15, 0.2) is 0 Å². The number of hydrogen-bond donors (Lipinski definition) is 2. The maximum Gasteiger partial charge on any atom is 0.261 e. The minimum absolute atomic E-state index is 0.154. The molecule has 0 amide bonds. The second-order valence-corrected chi connectivity index (χ2v) is 10.9. The Morgan fingerprint density at radius 2 is 1.80 bits per heavy atom. The number of fused-ring (bicyclic) bond motifs is 1. The molecule has 2 aliphatic rings. The second-order valence-electron chi connectivity index (χ2n) is 8.38. The molecule has 0 unspecified atom stereocenters. The largest absolute Gasteiger partial charge is 0.490 e. The van der Waals surface area contributed by atoms with Gasteiger partial charge in [-0.1, -0.05) is 23.2 Å². The maximum absolute atomic E-state index is 12.9. The van der Waals surface area contributed by atoms with Gasteiger partial charge in [0, 0.05) is 30.1 Å². The summed E-state index contributed by atoms with van der Waals surface area (Å²) in [5, 5.41) is 1.47. The van der Waals surface area contributed by atoms with E-state index in [0.29, 0.717) is 37.8 Å². The first-order valence-electron chi connectivity index (χ1n) is 9.68. The molecular formula is C21H21Cl2N3O3S. The van der Waals surface area contributed by atoms with Gasteiger partial charge >= 0.3 is 0 Å². The van der Waals surface area contributed by atoms with E-state index < -0.39 is 10.0 Å². The van der Waals surface area contributed by atoms with Crippen molar-refractivity contribution >= 4 is 49.8 Å². The van der Waals surface area contributed by atoms with Crippen LogP contribution in [0.25, 0.3) is 10.9 Å². The van der Waals surface area contributed by atoms with E-state index >= 15 is 0 Å². The van der Waals surface area contributed by atoms with Crippen LogP contribution in [0.3, 0.4) is 0 Å². The van der Waals surface area contributed by atoms with Crippen LogP contribution in [0.15, 0.2) is 47.5 Å². The number of aromatic amines is 1. The van der Waals surface area contributed by atoms with Gasteiger partial charge in [-0.15, -0.1) is 0 Å². The third kappa shape index (κ3) is 3.43. The smallest absolute Gasteiger partial charge is 0.261 e. The molecule has 2 aromatic carbocycles. The van der Waals surface area contributed by atoms with Crippen LogP contribution >= 0.6 is 23.2 Å². The van der Waals surface area contributed by atoms with Crippen LogP contribution in [0.2, 0.25) is 10.0 Å². The molecule has 6 nitrogen and oxygen atoms in total. The standard InChI is InChI=1S/C21H21Cl2N3O3S/c1-26-11-21(12-26)8-14(9-21)29-13-2-4-15(5-3-13)30(27,28)25-18-7-6-16(22)19-17(23)10-24-20(18)19/h2-7,10,14,24-25H,8-9,11-12H2,1H3. The zero-order valence-electron chi connectivity index (χ0n) is 16.3. The van der Waals surface area contributed by atoms with Gasteiger partial charge in [-0.25, -0.2) is 8.42 Å². The lowest BCUT2D eigenvalue weighted by Crippen LogP contribution is -2.63. The molecule has 30 heavy (non-hydrogen) atoms. The lowest BCUT2D eigenvalue weighted by atomic mass is 9.62. The van der Waals surface area contributed by atoms with Crippen molar-refractivity contribution in [3.05, 3.63) is 52.6 Å². The van der Waals surface area contributed by atoms with Gasteiger partial charge in [0.2, 0.25) is 0 Å². The van der Waals surface area contributed by atoms with Crippen LogP contribution in [-0.4, -0.2) is 44.5 Å². The topological polar surface area (TPSA) is 74.4 Å². The van der Waals surface area contributed by atoms with Crippen LogP contribution in [0.5, 0.6) is 5.75 Å². The van der Waals surface area contributed by atoms with Crippen molar-refractivity contribution in [1.29, 1.82) is 0 Å². The molecule has 1 spiro atoms. The number of ether oxygens (including phenoxy) is 1. The van der Waals surface area contributed by atoms with Crippen LogP contribution in [0.4, 0.5) is 5.69 Å². The molecule has 2 heterocycles. The Balaban J connectivity index is 1.29. The fourth-order valence-electron chi connectivity index (χ4n) is 4.69. The average Bonchev–Trinajstić information content (AvgIpc) is 3.04. The van der Waals surface area contributed by atoms with Crippen LogP contribution in [-0.2, 0) is 10.0 Å². The summed E-state index contributed by atoms with van der Waals surface area (Å²) in [6.07, 6.45) is 3.90. The summed E-state index contributed by atoms with van der Waals surface area (Å²) in [6, 6.07) is 9.74. The molecule has 0 radical (unpaired) electrons. The highest BCUT2D eigenvalue weighted by molar-refractivity contribution is 7.92. The summed E-state index contributed by atoms with van der Waals surface area (Å²) in [6.45, 7) is 2.28. The number of H-pyrrole nitrogens is 1.